The van der Waals surface area contributed by atoms with Crippen LogP contribution < -0.4 is 5.73 Å². The van der Waals surface area contributed by atoms with Crippen LogP contribution >= 0.6 is 11.3 Å². The molecule has 1 aliphatic heterocycles. The number of nitrogens with two attached hydrogens (primary N) is 1. The Labute approximate surface area is 113 Å². The average Bonchev–Trinajstić information content (AvgIpc) is 2.72. The van der Waals surface area contributed by atoms with E-state index in [1.165, 1.54) is 4.88 Å². The second-order valence-corrected chi connectivity index (χ2v) is 5.75. The number of rotatable bonds is 2. The van der Waals surface area contributed by atoms with Gasteiger partial charge in [-0.2, -0.15) is 0 Å². The Hall–Kier alpha value is -0.860. The van der Waals surface area contributed by atoms with Crippen molar-refractivity contribution < 1.29 is 4.74 Å². The molecule has 1 aliphatic rings. The first-order chi connectivity index (χ1) is 8.67. The number of morpholine rings is 1. The van der Waals surface area contributed by atoms with E-state index in [1.807, 2.05) is 0 Å². The Kier molecular flexibility index (Phi) is 4.79. The summed E-state index contributed by atoms with van der Waals surface area (Å²) in [5, 5.41) is 2.10. The first-order valence-corrected chi connectivity index (χ1v) is 7.19. The van der Waals surface area contributed by atoms with Gasteiger partial charge in [0, 0.05) is 35.5 Å². The molecule has 0 saturated carbocycles. The van der Waals surface area contributed by atoms with Crippen LogP contribution in [0.25, 0.3) is 0 Å². The standard InChI is InChI=1S/C14H20N2OS/c1-11-7-16(8-12(2)17-11)9-14-6-13(10-18-14)4-3-5-15/h6,10-12H,5,7-9,15H2,1-2H3/t11-,12+. The SMILES string of the molecule is C[C@@H]1CN(Cc2cc(C#CCN)cs2)C[C@H](C)O1. The smallest absolute Gasteiger partial charge is 0.0678 e. The van der Waals surface area contributed by atoms with E-state index in [2.05, 4.69) is 42.0 Å². The molecular formula is C14H20N2OS. The minimum absolute atomic E-state index is 0.324. The van der Waals surface area contributed by atoms with Gasteiger partial charge in [-0.05, 0) is 19.9 Å². The molecule has 0 spiro atoms. The van der Waals surface area contributed by atoms with E-state index < -0.39 is 0 Å². The maximum atomic E-state index is 5.74. The molecule has 0 bridgehead atoms. The van der Waals surface area contributed by atoms with Gasteiger partial charge in [-0.15, -0.1) is 11.3 Å². The number of nitrogens with zero attached hydrogens (tertiary/aromatic N) is 1. The average molecular weight is 264 g/mol. The summed E-state index contributed by atoms with van der Waals surface area (Å²) in [6.45, 7) is 7.69. The molecule has 3 nitrogen and oxygen atoms in total. The molecule has 1 saturated heterocycles. The molecule has 2 heterocycles. The number of thiophene rings is 1. The van der Waals surface area contributed by atoms with Crippen LogP contribution in [0.5, 0.6) is 0 Å². The van der Waals surface area contributed by atoms with Crippen LogP contribution in [0.1, 0.15) is 24.3 Å². The van der Waals surface area contributed by atoms with Crippen molar-refractivity contribution in [2.24, 2.45) is 5.73 Å². The molecule has 0 aromatic carbocycles. The minimum Gasteiger partial charge on any atom is -0.373 e. The summed E-state index contributed by atoms with van der Waals surface area (Å²) >= 11 is 1.77. The molecule has 1 aromatic rings. The van der Waals surface area contributed by atoms with Gasteiger partial charge in [0.25, 0.3) is 0 Å². The number of hydrogen-bond acceptors (Lipinski definition) is 4. The van der Waals surface area contributed by atoms with E-state index in [-0.39, 0.29) is 0 Å². The van der Waals surface area contributed by atoms with Gasteiger partial charge >= 0.3 is 0 Å². The Morgan fingerprint density at radius 2 is 2.17 bits per heavy atom. The second-order valence-electron chi connectivity index (χ2n) is 4.76. The lowest BCUT2D eigenvalue weighted by molar-refractivity contribution is -0.0702. The summed E-state index contributed by atoms with van der Waals surface area (Å²) in [4.78, 5) is 3.81. The molecule has 98 valence electrons. The topological polar surface area (TPSA) is 38.5 Å². The molecule has 18 heavy (non-hydrogen) atoms. The zero-order valence-corrected chi connectivity index (χ0v) is 11.8. The van der Waals surface area contributed by atoms with Gasteiger partial charge in [-0.25, -0.2) is 0 Å². The Balaban J connectivity index is 1.94. The summed E-state index contributed by atoms with van der Waals surface area (Å²) in [7, 11) is 0. The number of hydrogen-bond donors (Lipinski definition) is 1. The van der Waals surface area contributed by atoms with Crippen molar-refractivity contribution >= 4 is 11.3 Å². The van der Waals surface area contributed by atoms with Crippen molar-refractivity contribution in [2.45, 2.75) is 32.6 Å². The maximum Gasteiger partial charge on any atom is 0.0678 e. The maximum absolute atomic E-state index is 5.74. The van der Waals surface area contributed by atoms with Gasteiger partial charge in [-0.3, -0.25) is 4.90 Å². The highest BCUT2D eigenvalue weighted by Crippen LogP contribution is 2.19. The summed E-state index contributed by atoms with van der Waals surface area (Å²) in [5.41, 5.74) is 6.45. The lowest BCUT2D eigenvalue weighted by Gasteiger charge is -2.34. The largest absolute Gasteiger partial charge is 0.373 e. The molecule has 2 N–H and O–H groups in total. The van der Waals surface area contributed by atoms with Gasteiger partial charge in [0.05, 0.1) is 18.8 Å². The molecule has 1 fully saturated rings. The first-order valence-electron chi connectivity index (χ1n) is 6.31. The highest BCUT2D eigenvalue weighted by atomic mass is 32.1. The summed E-state index contributed by atoms with van der Waals surface area (Å²) in [5.74, 6) is 5.96. The summed E-state index contributed by atoms with van der Waals surface area (Å²) in [6, 6.07) is 2.16. The number of ether oxygens (including phenoxy) is 1. The van der Waals surface area contributed by atoms with Crippen LogP contribution in [-0.2, 0) is 11.3 Å². The van der Waals surface area contributed by atoms with E-state index in [4.69, 9.17) is 10.5 Å². The Morgan fingerprint density at radius 1 is 1.44 bits per heavy atom. The molecule has 0 radical (unpaired) electrons. The summed E-state index contributed by atoms with van der Waals surface area (Å²) in [6.07, 6.45) is 0.649. The zero-order valence-electron chi connectivity index (χ0n) is 11.0. The third-order valence-corrected chi connectivity index (χ3v) is 3.78. The molecule has 0 aliphatic carbocycles. The van der Waals surface area contributed by atoms with Crippen LogP contribution in [0.4, 0.5) is 0 Å². The van der Waals surface area contributed by atoms with Crippen LogP contribution in [0.15, 0.2) is 11.4 Å². The van der Waals surface area contributed by atoms with Crippen molar-refractivity contribution in [1.29, 1.82) is 0 Å². The fourth-order valence-electron chi connectivity index (χ4n) is 2.32. The highest BCUT2D eigenvalue weighted by Gasteiger charge is 2.22. The lowest BCUT2D eigenvalue weighted by atomic mass is 10.2. The van der Waals surface area contributed by atoms with Crippen LogP contribution in [0.3, 0.4) is 0 Å². The van der Waals surface area contributed by atoms with Gasteiger partial charge in [0.15, 0.2) is 0 Å². The van der Waals surface area contributed by atoms with Crippen molar-refractivity contribution in [3.8, 4) is 11.8 Å². The molecule has 2 atom stereocenters. The molecule has 0 amide bonds. The molecule has 1 aromatic heterocycles. The zero-order chi connectivity index (χ0) is 13.0. The van der Waals surface area contributed by atoms with Gasteiger partial charge in [0.1, 0.15) is 0 Å². The predicted molar refractivity (Wildman–Crippen MR) is 75.5 cm³/mol. The van der Waals surface area contributed by atoms with Crippen LogP contribution in [0.2, 0.25) is 0 Å². The van der Waals surface area contributed by atoms with E-state index in [9.17, 15) is 0 Å². The molecular weight excluding hydrogens is 244 g/mol. The van der Waals surface area contributed by atoms with Crippen molar-refractivity contribution in [3.63, 3.8) is 0 Å². The van der Waals surface area contributed by atoms with Crippen molar-refractivity contribution in [2.75, 3.05) is 19.6 Å². The predicted octanol–water partition coefficient (Wildman–Crippen LogP) is 1.67. The van der Waals surface area contributed by atoms with Gasteiger partial charge in [-0.1, -0.05) is 11.8 Å². The fraction of sp³-hybridized carbons (Fsp3) is 0.571. The summed E-state index contributed by atoms with van der Waals surface area (Å²) < 4.78 is 5.74. The second kappa shape index (κ2) is 6.35. The Morgan fingerprint density at radius 3 is 2.83 bits per heavy atom. The van der Waals surface area contributed by atoms with E-state index in [0.29, 0.717) is 18.8 Å². The van der Waals surface area contributed by atoms with Gasteiger partial charge in [0.2, 0.25) is 0 Å². The van der Waals surface area contributed by atoms with Gasteiger partial charge < -0.3 is 10.5 Å². The van der Waals surface area contributed by atoms with E-state index >= 15 is 0 Å². The lowest BCUT2D eigenvalue weighted by Crippen LogP contribution is -2.44. The molecule has 2 rings (SSSR count). The third-order valence-electron chi connectivity index (χ3n) is 2.86. The third kappa shape index (κ3) is 3.82. The molecule has 0 unspecified atom stereocenters. The van der Waals surface area contributed by atoms with E-state index in [1.54, 1.807) is 11.3 Å². The van der Waals surface area contributed by atoms with Crippen LogP contribution in [-0.4, -0.2) is 36.7 Å². The molecule has 4 heteroatoms. The first kappa shape index (κ1) is 13.6. The minimum atomic E-state index is 0.324. The Bertz CT molecular complexity index is 436. The van der Waals surface area contributed by atoms with Crippen molar-refractivity contribution in [3.05, 3.63) is 21.9 Å². The van der Waals surface area contributed by atoms with E-state index in [0.717, 1.165) is 25.2 Å². The quantitative estimate of drug-likeness (QED) is 0.826. The normalized spacial score (nSPS) is 24.6. The monoisotopic (exact) mass is 264 g/mol. The highest BCUT2D eigenvalue weighted by molar-refractivity contribution is 7.10. The van der Waals surface area contributed by atoms with Crippen molar-refractivity contribution in [1.82, 2.24) is 4.90 Å². The fourth-order valence-corrected chi connectivity index (χ4v) is 3.17. The van der Waals surface area contributed by atoms with Crippen LogP contribution in [0, 0.1) is 11.8 Å².